The summed E-state index contributed by atoms with van der Waals surface area (Å²) in [6.07, 6.45) is 3.38. The van der Waals surface area contributed by atoms with Gasteiger partial charge < -0.3 is 4.90 Å². The molecule has 1 nitrogen and oxygen atoms in total. The highest BCUT2D eigenvalue weighted by Gasteiger charge is 2.11. The molecule has 0 amide bonds. The van der Waals surface area contributed by atoms with Crippen molar-refractivity contribution in [2.24, 2.45) is 0 Å². The van der Waals surface area contributed by atoms with Crippen molar-refractivity contribution >= 4 is 5.69 Å². The molecule has 0 saturated heterocycles. The second kappa shape index (κ2) is 3.36. The Balaban J connectivity index is 2.42. The monoisotopic (exact) mass is 179 g/mol. The van der Waals surface area contributed by atoms with E-state index < -0.39 is 0 Å². The molecule has 70 valence electrons. The molecule has 0 atom stereocenters. The van der Waals surface area contributed by atoms with E-state index in [4.69, 9.17) is 0 Å². The number of fused-ring (bicyclic) bond motifs is 1. The Bertz CT molecular complexity index is 309. The first-order valence-corrected chi connectivity index (χ1v) is 4.77. The molecule has 1 heterocycles. The summed E-state index contributed by atoms with van der Waals surface area (Å²) < 4.78 is 12.9. The zero-order chi connectivity index (χ0) is 9.26. The van der Waals surface area contributed by atoms with Crippen molar-refractivity contribution in [2.45, 2.75) is 19.3 Å². The molecule has 13 heavy (non-hydrogen) atoms. The lowest BCUT2D eigenvalue weighted by Gasteiger charge is -2.18. The quantitative estimate of drug-likeness (QED) is 0.591. The molecular weight excluding hydrogens is 165 g/mol. The highest BCUT2D eigenvalue weighted by atomic mass is 19.1. The van der Waals surface area contributed by atoms with Crippen LogP contribution in [0.3, 0.4) is 0 Å². The van der Waals surface area contributed by atoms with Gasteiger partial charge in [0.2, 0.25) is 0 Å². The first kappa shape index (κ1) is 8.54. The molecule has 0 aliphatic carbocycles. The maximum Gasteiger partial charge on any atom is 0.123 e. The van der Waals surface area contributed by atoms with Crippen LogP contribution in [0.4, 0.5) is 10.1 Å². The molecule has 0 radical (unpaired) electrons. The molecule has 0 bridgehead atoms. The zero-order valence-corrected chi connectivity index (χ0v) is 7.89. The van der Waals surface area contributed by atoms with Gasteiger partial charge in [0.25, 0.3) is 0 Å². The minimum absolute atomic E-state index is 0.117. The van der Waals surface area contributed by atoms with Crippen molar-refractivity contribution in [2.75, 3.05) is 18.5 Å². The molecule has 2 heteroatoms. The van der Waals surface area contributed by atoms with Crippen LogP contribution in [0.1, 0.15) is 18.4 Å². The highest BCUT2D eigenvalue weighted by Crippen LogP contribution is 2.25. The Morgan fingerprint density at radius 3 is 3.00 bits per heavy atom. The van der Waals surface area contributed by atoms with Crippen molar-refractivity contribution in [3.05, 3.63) is 29.6 Å². The summed E-state index contributed by atoms with van der Waals surface area (Å²) in [5.74, 6) is -0.117. The second-order valence-electron chi connectivity index (χ2n) is 3.65. The van der Waals surface area contributed by atoms with Gasteiger partial charge in [-0.2, -0.15) is 0 Å². The van der Waals surface area contributed by atoms with E-state index in [0.717, 1.165) is 18.5 Å². The van der Waals surface area contributed by atoms with E-state index in [9.17, 15) is 4.39 Å². The first-order valence-electron chi connectivity index (χ1n) is 4.77. The van der Waals surface area contributed by atoms with Crippen molar-refractivity contribution in [3.63, 3.8) is 0 Å². The molecule has 1 aromatic rings. The van der Waals surface area contributed by atoms with Crippen LogP contribution in [-0.4, -0.2) is 13.6 Å². The minimum atomic E-state index is -0.117. The zero-order valence-electron chi connectivity index (χ0n) is 7.89. The fraction of sp³-hybridized carbons (Fsp3) is 0.455. The number of benzene rings is 1. The summed E-state index contributed by atoms with van der Waals surface area (Å²) in [5, 5.41) is 0. The summed E-state index contributed by atoms with van der Waals surface area (Å²) in [7, 11) is 2.07. The van der Waals surface area contributed by atoms with Crippen LogP contribution in [0.15, 0.2) is 18.2 Å². The van der Waals surface area contributed by atoms with Crippen LogP contribution in [0.2, 0.25) is 0 Å². The van der Waals surface area contributed by atoms with Gasteiger partial charge >= 0.3 is 0 Å². The van der Waals surface area contributed by atoms with E-state index in [-0.39, 0.29) is 5.82 Å². The number of aryl methyl sites for hydroxylation is 1. The molecular formula is C11H14FN. The van der Waals surface area contributed by atoms with Crippen molar-refractivity contribution < 1.29 is 4.39 Å². The Kier molecular flexibility index (Phi) is 2.21. The molecule has 0 aromatic heterocycles. The van der Waals surface area contributed by atoms with Gasteiger partial charge in [0.15, 0.2) is 0 Å². The Labute approximate surface area is 78.2 Å². The number of anilines is 1. The van der Waals surface area contributed by atoms with Gasteiger partial charge in [-0.3, -0.25) is 0 Å². The maximum absolute atomic E-state index is 12.9. The minimum Gasteiger partial charge on any atom is -0.374 e. The van der Waals surface area contributed by atoms with Crippen LogP contribution in [0.25, 0.3) is 0 Å². The van der Waals surface area contributed by atoms with Gasteiger partial charge in [-0.1, -0.05) is 0 Å². The van der Waals surface area contributed by atoms with Crippen molar-refractivity contribution in [1.29, 1.82) is 0 Å². The lowest BCUT2D eigenvalue weighted by Crippen LogP contribution is -2.17. The fourth-order valence-corrected chi connectivity index (χ4v) is 1.91. The largest absolute Gasteiger partial charge is 0.374 e. The van der Waals surface area contributed by atoms with Crippen LogP contribution >= 0.6 is 0 Å². The fourth-order valence-electron chi connectivity index (χ4n) is 1.91. The van der Waals surface area contributed by atoms with Crippen LogP contribution in [0.5, 0.6) is 0 Å². The van der Waals surface area contributed by atoms with E-state index in [1.54, 1.807) is 12.1 Å². The second-order valence-corrected chi connectivity index (χ2v) is 3.65. The van der Waals surface area contributed by atoms with Gasteiger partial charge in [-0.15, -0.1) is 0 Å². The molecule has 0 unspecified atom stereocenters. The normalized spacial score (nSPS) is 16.6. The number of halogens is 1. The Hall–Kier alpha value is -1.05. The van der Waals surface area contributed by atoms with Gasteiger partial charge in [0.05, 0.1) is 0 Å². The molecule has 0 saturated carbocycles. The number of rotatable bonds is 0. The third-order valence-electron chi connectivity index (χ3n) is 2.64. The summed E-state index contributed by atoms with van der Waals surface area (Å²) in [6.45, 7) is 1.08. The van der Waals surface area contributed by atoms with Gasteiger partial charge in [-0.05, 0) is 43.0 Å². The third-order valence-corrected chi connectivity index (χ3v) is 2.64. The average molecular weight is 179 g/mol. The lowest BCUT2D eigenvalue weighted by molar-refractivity contribution is 0.625. The predicted molar refractivity (Wildman–Crippen MR) is 52.6 cm³/mol. The van der Waals surface area contributed by atoms with E-state index >= 15 is 0 Å². The highest BCUT2D eigenvalue weighted by molar-refractivity contribution is 5.53. The lowest BCUT2D eigenvalue weighted by atomic mass is 10.1. The van der Waals surface area contributed by atoms with Crippen LogP contribution < -0.4 is 4.90 Å². The van der Waals surface area contributed by atoms with E-state index in [2.05, 4.69) is 11.9 Å². The van der Waals surface area contributed by atoms with E-state index in [1.807, 2.05) is 6.07 Å². The molecule has 1 aliphatic rings. The molecule has 2 rings (SSSR count). The van der Waals surface area contributed by atoms with Gasteiger partial charge in [0, 0.05) is 19.3 Å². The Morgan fingerprint density at radius 1 is 1.31 bits per heavy atom. The average Bonchev–Trinajstić information content (AvgIpc) is 2.28. The predicted octanol–water partition coefficient (Wildman–Crippen LogP) is 2.60. The van der Waals surface area contributed by atoms with Gasteiger partial charge in [-0.25, -0.2) is 4.39 Å². The number of nitrogens with zero attached hydrogens (tertiary/aromatic N) is 1. The summed E-state index contributed by atoms with van der Waals surface area (Å²) >= 11 is 0. The van der Waals surface area contributed by atoms with E-state index in [0.29, 0.717) is 0 Å². The van der Waals surface area contributed by atoms with Gasteiger partial charge in [0.1, 0.15) is 5.82 Å². The molecule has 0 fully saturated rings. The third kappa shape index (κ3) is 1.67. The smallest absolute Gasteiger partial charge is 0.123 e. The summed E-state index contributed by atoms with van der Waals surface area (Å²) in [4.78, 5) is 2.21. The molecule has 0 spiro atoms. The SMILES string of the molecule is CN1CCCCc2cc(F)ccc21. The van der Waals surface area contributed by atoms with Crippen molar-refractivity contribution in [1.82, 2.24) is 0 Å². The summed E-state index contributed by atoms with van der Waals surface area (Å²) in [6, 6.07) is 5.09. The molecule has 0 N–H and O–H groups in total. The van der Waals surface area contributed by atoms with Crippen LogP contribution in [-0.2, 0) is 6.42 Å². The molecule has 1 aromatic carbocycles. The Morgan fingerprint density at radius 2 is 2.15 bits per heavy atom. The summed E-state index contributed by atoms with van der Waals surface area (Å²) in [5.41, 5.74) is 2.35. The maximum atomic E-state index is 12.9. The van der Waals surface area contributed by atoms with Crippen LogP contribution in [0, 0.1) is 5.82 Å². The molecule has 1 aliphatic heterocycles. The topological polar surface area (TPSA) is 3.24 Å². The standard InChI is InChI=1S/C11H14FN/c1-13-7-3-2-4-9-8-10(12)5-6-11(9)13/h5-6,8H,2-4,7H2,1H3. The number of hydrogen-bond donors (Lipinski definition) is 0. The first-order chi connectivity index (χ1) is 6.27. The van der Waals surface area contributed by atoms with Crippen molar-refractivity contribution in [3.8, 4) is 0 Å². The number of hydrogen-bond acceptors (Lipinski definition) is 1. The van der Waals surface area contributed by atoms with E-state index in [1.165, 1.54) is 18.5 Å².